The summed E-state index contributed by atoms with van der Waals surface area (Å²) >= 11 is 0. The topological polar surface area (TPSA) is 41.4 Å². The van der Waals surface area contributed by atoms with Gasteiger partial charge < -0.3 is 9.47 Å². The molecule has 1 fully saturated rings. The van der Waals surface area contributed by atoms with Crippen LogP contribution in [0.4, 0.5) is 0 Å². The predicted octanol–water partition coefficient (Wildman–Crippen LogP) is 2.96. The van der Waals surface area contributed by atoms with Crippen LogP contribution in [-0.4, -0.2) is 44.4 Å². The molecular weight excluding hydrogens is 336 g/mol. The first-order valence-electron chi connectivity index (χ1n) is 9.42. The molecule has 5 heteroatoms. The molecule has 0 saturated carbocycles. The van der Waals surface area contributed by atoms with Crippen molar-refractivity contribution in [2.24, 2.45) is 0 Å². The summed E-state index contributed by atoms with van der Waals surface area (Å²) in [6.07, 6.45) is 5.74. The summed E-state index contributed by atoms with van der Waals surface area (Å²) in [5.41, 5.74) is 3.24. The Kier molecular flexibility index (Phi) is 4.02. The van der Waals surface area contributed by atoms with Gasteiger partial charge in [0.25, 0.3) is 5.91 Å². The van der Waals surface area contributed by atoms with Gasteiger partial charge in [-0.2, -0.15) is 0 Å². The highest BCUT2D eigenvalue weighted by atomic mass is 16.2. The van der Waals surface area contributed by atoms with Gasteiger partial charge in [-0.25, -0.2) is 0 Å². The van der Waals surface area contributed by atoms with E-state index < -0.39 is 0 Å². The van der Waals surface area contributed by atoms with Crippen molar-refractivity contribution in [3.8, 4) is 0 Å². The van der Waals surface area contributed by atoms with Gasteiger partial charge in [-0.15, -0.1) is 0 Å². The van der Waals surface area contributed by atoms with E-state index in [0.29, 0.717) is 12.6 Å². The van der Waals surface area contributed by atoms with Crippen LogP contribution in [0.15, 0.2) is 73.2 Å². The smallest absolute Gasteiger partial charge is 0.271 e. The Balaban J connectivity index is 1.44. The zero-order chi connectivity index (χ0) is 18.2. The summed E-state index contributed by atoms with van der Waals surface area (Å²) < 4.78 is 2.18. The molecule has 27 heavy (non-hydrogen) atoms. The molecule has 0 spiro atoms. The fourth-order valence-electron chi connectivity index (χ4n) is 4.43. The number of aromatic nitrogens is 2. The minimum atomic E-state index is 0.135. The lowest BCUT2D eigenvalue weighted by Gasteiger charge is -2.38. The Bertz CT molecular complexity index is 937. The number of carbonyl (C=O) groups is 1. The molecule has 3 aromatic rings. The normalized spacial score (nSPS) is 21.9. The average Bonchev–Trinajstić information content (AvgIpc) is 3.34. The van der Waals surface area contributed by atoms with Gasteiger partial charge in [0.05, 0.1) is 12.1 Å². The Hall–Kier alpha value is -2.92. The second-order valence-electron chi connectivity index (χ2n) is 7.40. The van der Waals surface area contributed by atoms with E-state index in [1.807, 2.05) is 42.7 Å². The molecule has 0 aliphatic carbocycles. The number of rotatable bonds is 4. The van der Waals surface area contributed by atoms with Crippen molar-refractivity contribution in [1.82, 2.24) is 19.4 Å². The van der Waals surface area contributed by atoms with Crippen LogP contribution in [0.25, 0.3) is 0 Å². The number of fused-ring (bicyclic) bond motifs is 3. The van der Waals surface area contributed by atoms with Crippen LogP contribution < -0.4 is 0 Å². The number of likely N-dealkylation sites (tertiary alicyclic amines) is 1. The number of amides is 1. The SMILES string of the molecule is O=C1c2cccn2C2CN(Cc3ccncc3)CC2N1Cc1ccccc1. The zero-order valence-corrected chi connectivity index (χ0v) is 15.1. The van der Waals surface area contributed by atoms with Gasteiger partial charge in [0.15, 0.2) is 0 Å². The summed E-state index contributed by atoms with van der Waals surface area (Å²) in [5.74, 6) is 0.135. The minimum absolute atomic E-state index is 0.135. The predicted molar refractivity (Wildman–Crippen MR) is 103 cm³/mol. The molecule has 5 nitrogen and oxygen atoms in total. The molecule has 2 aliphatic heterocycles. The number of pyridine rings is 1. The molecular formula is C22H22N4O. The van der Waals surface area contributed by atoms with Crippen LogP contribution in [0.5, 0.6) is 0 Å². The zero-order valence-electron chi connectivity index (χ0n) is 15.1. The second-order valence-corrected chi connectivity index (χ2v) is 7.40. The molecule has 1 saturated heterocycles. The Morgan fingerprint density at radius 2 is 1.59 bits per heavy atom. The fraction of sp³-hybridized carbons (Fsp3) is 0.273. The quantitative estimate of drug-likeness (QED) is 0.720. The van der Waals surface area contributed by atoms with E-state index in [-0.39, 0.29) is 11.9 Å². The van der Waals surface area contributed by atoms with Crippen molar-refractivity contribution in [2.75, 3.05) is 13.1 Å². The van der Waals surface area contributed by atoms with Gasteiger partial charge in [-0.05, 0) is 35.4 Å². The monoisotopic (exact) mass is 358 g/mol. The van der Waals surface area contributed by atoms with E-state index in [2.05, 4.69) is 49.8 Å². The number of benzene rings is 1. The molecule has 2 aromatic heterocycles. The van der Waals surface area contributed by atoms with Gasteiger partial charge in [-0.1, -0.05) is 30.3 Å². The van der Waals surface area contributed by atoms with Crippen molar-refractivity contribution >= 4 is 5.91 Å². The average molecular weight is 358 g/mol. The maximum Gasteiger partial charge on any atom is 0.271 e. The van der Waals surface area contributed by atoms with E-state index in [1.165, 1.54) is 11.1 Å². The lowest BCUT2D eigenvalue weighted by molar-refractivity contribution is 0.0556. The van der Waals surface area contributed by atoms with Crippen LogP contribution in [0.2, 0.25) is 0 Å². The largest absolute Gasteiger partial charge is 0.337 e. The van der Waals surface area contributed by atoms with Gasteiger partial charge in [0.2, 0.25) is 0 Å². The van der Waals surface area contributed by atoms with Gasteiger partial charge in [0, 0.05) is 44.8 Å². The van der Waals surface area contributed by atoms with Crippen molar-refractivity contribution < 1.29 is 4.79 Å². The first kappa shape index (κ1) is 16.3. The Labute approximate surface area is 158 Å². The molecule has 0 N–H and O–H groups in total. The van der Waals surface area contributed by atoms with Gasteiger partial charge in [-0.3, -0.25) is 14.7 Å². The molecule has 1 amide bonds. The summed E-state index contributed by atoms with van der Waals surface area (Å²) in [4.78, 5) is 21.8. The molecule has 2 unspecified atom stereocenters. The third-order valence-electron chi connectivity index (χ3n) is 5.70. The van der Waals surface area contributed by atoms with E-state index in [1.54, 1.807) is 0 Å². The lowest BCUT2D eigenvalue weighted by atomic mass is 10.0. The van der Waals surface area contributed by atoms with Gasteiger partial charge >= 0.3 is 0 Å². The highest BCUT2D eigenvalue weighted by Gasteiger charge is 2.44. The van der Waals surface area contributed by atoms with Crippen LogP contribution in [-0.2, 0) is 13.1 Å². The third kappa shape index (κ3) is 2.94. The lowest BCUT2D eigenvalue weighted by Crippen LogP contribution is -2.49. The first-order chi connectivity index (χ1) is 13.3. The van der Waals surface area contributed by atoms with E-state index >= 15 is 0 Å². The molecule has 0 bridgehead atoms. The van der Waals surface area contributed by atoms with E-state index in [4.69, 9.17) is 0 Å². The number of nitrogens with zero attached hydrogens (tertiary/aromatic N) is 4. The summed E-state index contributed by atoms with van der Waals surface area (Å²) in [5, 5.41) is 0. The molecule has 1 aromatic carbocycles. The van der Waals surface area contributed by atoms with E-state index in [0.717, 1.165) is 25.3 Å². The molecule has 2 aliphatic rings. The maximum absolute atomic E-state index is 13.2. The molecule has 4 heterocycles. The minimum Gasteiger partial charge on any atom is -0.337 e. The van der Waals surface area contributed by atoms with Crippen molar-refractivity contribution in [3.63, 3.8) is 0 Å². The second kappa shape index (κ2) is 6.67. The Morgan fingerprint density at radius 1 is 0.852 bits per heavy atom. The maximum atomic E-state index is 13.2. The van der Waals surface area contributed by atoms with Crippen LogP contribution >= 0.6 is 0 Å². The number of carbonyl (C=O) groups excluding carboxylic acids is 1. The van der Waals surface area contributed by atoms with Crippen molar-refractivity contribution in [3.05, 3.63) is 90.0 Å². The molecule has 2 atom stereocenters. The van der Waals surface area contributed by atoms with Gasteiger partial charge in [0.1, 0.15) is 5.69 Å². The van der Waals surface area contributed by atoms with E-state index in [9.17, 15) is 4.79 Å². The first-order valence-corrected chi connectivity index (χ1v) is 9.42. The van der Waals surface area contributed by atoms with Crippen LogP contribution in [0.1, 0.15) is 27.7 Å². The van der Waals surface area contributed by atoms with Crippen molar-refractivity contribution in [1.29, 1.82) is 0 Å². The van der Waals surface area contributed by atoms with Crippen LogP contribution in [0, 0.1) is 0 Å². The fourth-order valence-corrected chi connectivity index (χ4v) is 4.43. The third-order valence-corrected chi connectivity index (χ3v) is 5.70. The highest BCUT2D eigenvalue weighted by Crippen LogP contribution is 2.35. The Morgan fingerprint density at radius 3 is 2.41 bits per heavy atom. The summed E-state index contributed by atoms with van der Waals surface area (Å²) in [6.45, 7) is 3.39. The molecule has 0 radical (unpaired) electrons. The molecule has 136 valence electrons. The number of hydrogen-bond acceptors (Lipinski definition) is 3. The highest BCUT2D eigenvalue weighted by molar-refractivity contribution is 5.94. The van der Waals surface area contributed by atoms with Crippen molar-refractivity contribution in [2.45, 2.75) is 25.2 Å². The summed E-state index contributed by atoms with van der Waals surface area (Å²) in [7, 11) is 0. The van der Waals surface area contributed by atoms with Crippen LogP contribution in [0.3, 0.4) is 0 Å². The standard InChI is InChI=1S/C22H22N4O/c27-22-19-7-4-12-25(19)20-15-24(13-18-8-10-23-11-9-18)16-21(20)26(22)14-17-5-2-1-3-6-17/h1-12,20-21H,13-16H2. The number of hydrogen-bond donors (Lipinski definition) is 0. The summed E-state index contributed by atoms with van der Waals surface area (Å²) in [6, 6.07) is 18.8. The molecule has 5 rings (SSSR count).